The number of hydrogen-bond donors (Lipinski definition) is 1. The van der Waals surface area contributed by atoms with E-state index in [1.54, 1.807) is 24.4 Å². The minimum absolute atomic E-state index is 0.263. The summed E-state index contributed by atoms with van der Waals surface area (Å²) in [5.41, 5.74) is 4.84. The van der Waals surface area contributed by atoms with Gasteiger partial charge >= 0.3 is 0 Å². The molecule has 0 unspecified atom stereocenters. The van der Waals surface area contributed by atoms with E-state index in [1.807, 2.05) is 41.1 Å². The average molecular weight is 381 g/mol. The largest absolute Gasteiger partial charge is 0.333 e. The number of carbonyl (C=O) groups is 1. The van der Waals surface area contributed by atoms with Crippen molar-refractivity contribution < 1.29 is 4.79 Å². The Morgan fingerprint density at radius 3 is 2.92 bits per heavy atom. The number of hydrazone groups is 1. The molecule has 3 rings (SSSR count). The summed E-state index contributed by atoms with van der Waals surface area (Å²) in [6, 6.07) is 17.0. The van der Waals surface area contributed by atoms with Crippen molar-refractivity contribution in [2.45, 2.75) is 6.54 Å². The highest BCUT2D eigenvalue weighted by Crippen LogP contribution is 2.19. The molecule has 0 bridgehead atoms. The highest BCUT2D eigenvalue weighted by atomic mass is 79.9. The van der Waals surface area contributed by atoms with Crippen LogP contribution in [0.15, 0.2) is 64.3 Å². The van der Waals surface area contributed by atoms with Crippen molar-refractivity contribution in [3.8, 4) is 6.07 Å². The van der Waals surface area contributed by atoms with Crippen LogP contribution in [0.2, 0.25) is 0 Å². The van der Waals surface area contributed by atoms with E-state index in [1.165, 1.54) is 0 Å². The van der Waals surface area contributed by atoms with Gasteiger partial charge in [-0.25, -0.2) is 5.43 Å². The van der Waals surface area contributed by atoms with Gasteiger partial charge in [0.15, 0.2) is 0 Å². The quantitative estimate of drug-likeness (QED) is 0.553. The van der Waals surface area contributed by atoms with Crippen LogP contribution in [0, 0.1) is 11.3 Å². The second-order valence-electron chi connectivity index (χ2n) is 5.10. The van der Waals surface area contributed by atoms with Crippen LogP contribution in [-0.2, 0) is 6.54 Å². The van der Waals surface area contributed by atoms with E-state index in [9.17, 15) is 4.79 Å². The predicted molar refractivity (Wildman–Crippen MR) is 96.8 cm³/mol. The molecule has 118 valence electrons. The molecule has 0 aliphatic heterocycles. The lowest BCUT2D eigenvalue weighted by molar-refractivity contribution is 0.0955. The second-order valence-corrected chi connectivity index (χ2v) is 6.01. The van der Waals surface area contributed by atoms with Gasteiger partial charge < -0.3 is 4.57 Å². The molecule has 5 nitrogen and oxygen atoms in total. The fourth-order valence-electron chi connectivity index (χ4n) is 2.44. The summed E-state index contributed by atoms with van der Waals surface area (Å²) in [4.78, 5) is 12.1. The molecule has 0 fully saturated rings. The van der Waals surface area contributed by atoms with Crippen LogP contribution in [0.25, 0.3) is 10.9 Å². The van der Waals surface area contributed by atoms with Crippen LogP contribution in [0.1, 0.15) is 15.9 Å². The Morgan fingerprint density at radius 1 is 1.29 bits per heavy atom. The Morgan fingerprint density at radius 2 is 2.12 bits per heavy atom. The number of halogens is 1. The van der Waals surface area contributed by atoms with E-state index in [-0.39, 0.29) is 12.5 Å². The Balaban J connectivity index is 1.81. The van der Waals surface area contributed by atoms with E-state index >= 15 is 0 Å². The second kappa shape index (κ2) is 7.11. The van der Waals surface area contributed by atoms with E-state index in [4.69, 9.17) is 5.26 Å². The number of para-hydroxylation sites is 1. The van der Waals surface area contributed by atoms with Gasteiger partial charge in [-0.15, -0.1) is 0 Å². The van der Waals surface area contributed by atoms with Gasteiger partial charge in [-0.2, -0.15) is 10.4 Å². The van der Waals surface area contributed by atoms with Gasteiger partial charge in [0.05, 0.1) is 12.3 Å². The zero-order chi connectivity index (χ0) is 16.9. The zero-order valence-electron chi connectivity index (χ0n) is 12.6. The van der Waals surface area contributed by atoms with Crippen LogP contribution < -0.4 is 5.43 Å². The Labute approximate surface area is 147 Å². The Kier molecular flexibility index (Phi) is 4.73. The van der Waals surface area contributed by atoms with E-state index in [2.05, 4.69) is 32.5 Å². The number of aromatic nitrogens is 1. The number of hydrogen-bond acceptors (Lipinski definition) is 3. The molecule has 0 aliphatic carbocycles. The number of amides is 1. The molecule has 1 N–H and O–H groups in total. The van der Waals surface area contributed by atoms with Crippen molar-refractivity contribution >= 4 is 39.0 Å². The van der Waals surface area contributed by atoms with Gasteiger partial charge in [0.2, 0.25) is 0 Å². The monoisotopic (exact) mass is 380 g/mol. The molecular weight excluding hydrogens is 368 g/mol. The van der Waals surface area contributed by atoms with Gasteiger partial charge in [0.1, 0.15) is 6.54 Å². The summed E-state index contributed by atoms with van der Waals surface area (Å²) in [5, 5.41) is 13.9. The molecule has 24 heavy (non-hydrogen) atoms. The van der Waals surface area contributed by atoms with E-state index in [0.717, 1.165) is 20.9 Å². The van der Waals surface area contributed by atoms with Crippen LogP contribution in [0.5, 0.6) is 0 Å². The molecule has 2 aromatic carbocycles. The molecule has 1 aromatic heterocycles. The van der Waals surface area contributed by atoms with Crippen molar-refractivity contribution in [3.63, 3.8) is 0 Å². The molecule has 1 heterocycles. The number of fused-ring (bicyclic) bond motifs is 1. The van der Waals surface area contributed by atoms with E-state index in [0.29, 0.717) is 5.56 Å². The fraction of sp³-hybridized carbons (Fsp3) is 0.0556. The SMILES string of the molecule is N#CCn1cc(C=NNC(=O)c2cccc(Br)c2)c2ccccc21. The first-order valence-corrected chi connectivity index (χ1v) is 8.02. The molecule has 0 spiro atoms. The summed E-state index contributed by atoms with van der Waals surface area (Å²) in [6.07, 6.45) is 3.44. The summed E-state index contributed by atoms with van der Waals surface area (Å²) in [6.45, 7) is 0.263. The molecule has 0 saturated carbocycles. The predicted octanol–water partition coefficient (Wildman–Crippen LogP) is 3.69. The normalized spacial score (nSPS) is 10.8. The molecular formula is C18H13BrN4O. The van der Waals surface area contributed by atoms with Crippen molar-refractivity contribution in [1.29, 1.82) is 5.26 Å². The van der Waals surface area contributed by atoms with Crippen LogP contribution in [0.4, 0.5) is 0 Å². The first kappa shape index (κ1) is 16.0. The number of nitriles is 1. The summed E-state index contributed by atoms with van der Waals surface area (Å²) in [7, 11) is 0. The molecule has 1 amide bonds. The van der Waals surface area contributed by atoms with Crippen molar-refractivity contribution in [3.05, 3.63) is 70.3 Å². The van der Waals surface area contributed by atoms with Gasteiger partial charge in [0, 0.05) is 32.7 Å². The van der Waals surface area contributed by atoms with Crippen molar-refractivity contribution in [2.75, 3.05) is 0 Å². The lowest BCUT2D eigenvalue weighted by Crippen LogP contribution is -2.17. The fourth-order valence-corrected chi connectivity index (χ4v) is 2.84. The first-order valence-electron chi connectivity index (χ1n) is 7.23. The molecule has 0 saturated heterocycles. The first-order chi connectivity index (χ1) is 11.7. The number of rotatable bonds is 4. The van der Waals surface area contributed by atoms with Crippen LogP contribution in [0.3, 0.4) is 0 Å². The van der Waals surface area contributed by atoms with Gasteiger partial charge in [-0.3, -0.25) is 4.79 Å². The molecule has 0 aliphatic rings. The number of benzene rings is 2. The molecule has 3 aromatic rings. The third kappa shape index (κ3) is 3.36. The van der Waals surface area contributed by atoms with Crippen molar-refractivity contribution in [1.82, 2.24) is 9.99 Å². The topological polar surface area (TPSA) is 70.2 Å². The number of carbonyl (C=O) groups excluding carboxylic acids is 1. The molecule has 0 atom stereocenters. The molecule has 0 radical (unpaired) electrons. The zero-order valence-corrected chi connectivity index (χ0v) is 14.2. The van der Waals surface area contributed by atoms with Gasteiger partial charge in [0.25, 0.3) is 5.91 Å². The standard InChI is InChI=1S/C18H13BrN4O/c19-15-5-3-4-13(10-15)18(24)22-21-11-14-12-23(9-8-20)17-7-2-1-6-16(14)17/h1-7,10-12H,9H2,(H,22,24). The lowest BCUT2D eigenvalue weighted by Gasteiger charge is -1.99. The highest BCUT2D eigenvalue weighted by Gasteiger charge is 2.07. The summed E-state index contributed by atoms with van der Waals surface area (Å²) in [5.74, 6) is -0.284. The van der Waals surface area contributed by atoms with Gasteiger partial charge in [-0.05, 0) is 24.3 Å². The summed E-state index contributed by atoms with van der Waals surface area (Å²) < 4.78 is 2.69. The smallest absolute Gasteiger partial charge is 0.271 e. The van der Waals surface area contributed by atoms with Crippen molar-refractivity contribution in [2.24, 2.45) is 5.10 Å². The minimum atomic E-state index is -0.284. The van der Waals surface area contributed by atoms with E-state index < -0.39 is 0 Å². The number of nitrogens with one attached hydrogen (secondary N) is 1. The van der Waals surface area contributed by atoms with Gasteiger partial charge in [-0.1, -0.05) is 40.2 Å². The van der Waals surface area contributed by atoms with Crippen LogP contribution >= 0.6 is 15.9 Å². The summed E-state index contributed by atoms with van der Waals surface area (Å²) >= 11 is 3.33. The third-order valence-corrected chi connectivity index (χ3v) is 4.01. The van der Waals surface area contributed by atoms with Crippen LogP contribution in [-0.4, -0.2) is 16.7 Å². The Bertz CT molecular complexity index is 969. The maximum Gasteiger partial charge on any atom is 0.271 e. The average Bonchev–Trinajstić information content (AvgIpc) is 2.93. The lowest BCUT2D eigenvalue weighted by atomic mass is 10.2. The molecule has 6 heteroatoms. The minimum Gasteiger partial charge on any atom is -0.333 e. The number of nitrogens with zero attached hydrogens (tertiary/aromatic N) is 3. The maximum atomic E-state index is 12.1. The highest BCUT2D eigenvalue weighted by molar-refractivity contribution is 9.10. The maximum absolute atomic E-state index is 12.1. The third-order valence-electron chi connectivity index (χ3n) is 3.52. The Hall–Kier alpha value is -2.91.